The number of aromatic nitrogens is 2. The number of ether oxygens (including phenoxy) is 1. The summed E-state index contributed by atoms with van der Waals surface area (Å²) in [6, 6.07) is 14.5. The molecule has 3 aromatic rings. The van der Waals surface area contributed by atoms with E-state index in [-0.39, 0.29) is 0 Å². The average Bonchev–Trinajstić information content (AvgIpc) is 2.90. The summed E-state index contributed by atoms with van der Waals surface area (Å²) >= 11 is 0. The maximum atomic E-state index is 5.64. The first-order valence-corrected chi connectivity index (χ1v) is 7.08. The van der Waals surface area contributed by atoms with E-state index in [4.69, 9.17) is 10.5 Å². The van der Waals surface area contributed by atoms with Crippen LogP contribution in [-0.4, -0.2) is 23.2 Å². The van der Waals surface area contributed by atoms with Crippen LogP contribution in [0.1, 0.15) is 11.3 Å². The fraction of sp³-hybridized carbons (Fsp3) is 0.235. The second-order valence-corrected chi connectivity index (χ2v) is 5.05. The predicted octanol–water partition coefficient (Wildman–Crippen LogP) is 2.59. The number of hydrogen-bond acceptors (Lipinski definition) is 3. The maximum Gasteiger partial charge on any atom is 0.213 e. The van der Waals surface area contributed by atoms with Crippen LogP contribution in [0.2, 0.25) is 0 Å². The Morgan fingerprint density at radius 3 is 2.90 bits per heavy atom. The quantitative estimate of drug-likeness (QED) is 0.782. The number of fused-ring (bicyclic) bond motifs is 1. The summed E-state index contributed by atoms with van der Waals surface area (Å²) in [5.74, 6) is 0.646. The van der Waals surface area contributed by atoms with Gasteiger partial charge < -0.3 is 15.0 Å². The van der Waals surface area contributed by atoms with Gasteiger partial charge in [0.1, 0.15) is 0 Å². The molecule has 1 aromatic carbocycles. The van der Waals surface area contributed by atoms with E-state index in [0.717, 1.165) is 18.7 Å². The first-order valence-electron chi connectivity index (χ1n) is 7.08. The van der Waals surface area contributed by atoms with Gasteiger partial charge in [-0.2, -0.15) is 0 Å². The lowest BCUT2D eigenvalue weighted by atomic mass is 10.1. The van der Waals surface area contributed by atoms with Gasteiger partial charge in [0.2, 0.25) is 5.88 Å². The number of methoxy groups -OCH3 is 1. The molecule has 4 nitrogen and oxygen atoms in total. The van der Waals surface area contributed by atoms with Crippen LogP contribution in [0.4, 0.5) is 0 Å². The van der Waals surface area contributed by atoms with E-state index in [1.165, 1.54) is 16.5 Å². The van der Waals surface area contributed by atoms with E-state index in [9.17, 15) is 0 Å². The van der Waals surface area contributed by atoms with Gasteiger partial charge in [0.15, 0.2) is 0 Å². The average molecular weight is 281 g/mol. The topological polar surface area (TPSA) is 53.1 Å². The Labute approximate surface area is 124 Å². The first-order chi connectivity index (χ1) is 10.3. The monoisotopic (exact) mass is 281 g/mol. The Balaban J connectivity index is 1.94. The van der Waals surface area contributed by atoms with Gasteiger partial charge in [-0.15, -0.1) is 0 Å². The van der Waals surface area contributed by atoms with Crippen molar-refractivity contribution in [3.63, 3.8) is 0 Å². The fourth-order valence-electron chi connectivity index (χ4n) is 2.52. The van der Waals surface area contributed by atoms with Gasteiger partial charge in [-0.1, -0.05) is 18.2 Å². The Morgan fingerprint density at radius 2 is 2.10 bits per heavy atom. The molecule has 2 heterocycles. The van der Waals surface area contributed by atoms with E-state index in [1.54, 1.807) is 7.11 Å². The molecule has 0 aliphatic rings. The molecule has 0 aliphatic carbocycles. The summed E-state index contributed by atoms with van der Waals surface area (Å²) in [5.41, 5.74) is 9.11. The number of nitrogens with zero attached hydrogens (tertiary/aromatic N) is 2. The van der Waals surface area contributed by atoms with E-state index >= 15 is 0 Å². The molecule has 0 aliphatic heterocycles. The van der Waals surface area contributed by atoms with Crippen molar-refractivity contribution < 1.29 is 4.74 Å². The largest absolute Gasteiger partial charge is 0.481 e. The van der Waals surface area contributed by atoms with Crippen molar-refractivity contribution >= 4 is 10.9 Å². The third-order valence-electron chi connectivity index (χ3n) is 3.59. The lowest BCUT2D eigenvalue weighted by molar-refractivity contribution is 0.396. The third-order valence-corrected chi connectivity index (χ3v) is 3.59. The lowest BCUT2D eigenvalue weighted by Crippen LogP contribution is -2.04. The molecule has 2 aromatic heterocycles. The molecule has 4 heteroatoms. The maximum absolute atomic E-state index is 5.64. The Bertz CT molecular complexity index is 749. The van der Waals surface area contributed by atoms with Crippen molar-refractivity contribution in [1.82, 2.24) is 9.55 Å². The Hall–Kier alpha value is -2.33. The molecule has 0 bridgehead atoms. The molecule has 0 unspecified atom stereocenters. The molecule has 21 heavy (non-hydrogen) atoms. The molecule has 0 amide bonds. The number of pyridine rings is 1. The van der Waals surface area contributed by atoms with Crippen molar-refractivity contribution in [2.45, 2.75) is 13.0 Å². The summed E-state index contributed by atoms with van der Waals surface area (Å²) in [6.07, 6.45) is 3.00. The molecule has 0 saturated heterocycles. The van der Waals surface area contributed by atoms with Gasteiger partial charge >= 0.3 is 0 Å². The van der Waals surface area contributed by atoms with E-state index in [1.807, 2.05) is 18.2 Å². The van der Waals surface area contributed by atoms with Crippen LogP contribution >= 0.6 is 0 Å². The molecule has 108 valence electrons. The highest BCUT2D eigenvalue weighted by atomic mass is 16.5. The molecular weight excluding hydrogens is 262 g/mol. The highest BCUT2D eigenvalue weighted by Crippen LogP contribution is 2.19. The van der Waals surface area contributed by atoms with Crippen LogP contribution in [-0.2, 0) is 13.0 Å². The minimum absolute atomic E-state index is 0.646. The van der Waals surface area contributed by atoms with Crippen molar-refractivity contribution in [2.75, 3.05) is 13.7 Å². The van der Waals surface area contributed by atoms with Crippen LogP contribution in [0, 0.1) is 0 Å². The standard InChI is InChI=1S/C17H19N3O/c1-21-17-4-2-3-15(19-17)12-20-10-8-14-6-5-13(7-9-18)11-16(14)20/h2-6,8,10-11H,7,9,12,18H2,1H3. The summed E-state index contributed by atoms with van der Waals surface area (Å²) < 4.78 is 7.38. The smallest absolute Gasteiger partial charge is 0.213 e. The zero-order chi connectivity index (χ0) is 14.7. The van der Waals surface area contributed by atoms with E-state index < -0.39 is 0 Å². The number of rotatable bonds is 5. The van der Waals surface area contributed by atoms with Crippen LogP contribution in [0.5, 0.6) is 5.88 Å². The first kappa shape index (κ1) is 13.6. The van der Waals surface area contributed by atoms with Crippen molar-refractivity contribution in [3.8, 4) is 5.88 Å². The van der Waals surface area contributed by atoms with E-state index in [0.29, 0.717) is 12.4 Å². The predicted molar refractivity (Wildman–Crippen MR) is 84.6 cm³/mol. The molecule has 2 N–H and O–H groups in total. The molecule has 0 atom stereocenters. The van der Waals surface area contributed by atoms with Crippen molar-refractivity contribution in [1.29, 1.82) is 0 Å². The molecule has 0 radical (unpaired) electrons. The molecule has 3 rings (SSSR count). The summed E-state index contributed by atoms with van der Waals surface area (Å²) in [7, 11) is 1.64. The summed E-state index contributed by atoms with van der Waals surface area (Å²) in [5, 5.41) is 1.23. The SMILES string of the molecule is COc1cccc(Cn2ccc3ccc(CCN)cc32)n1. The highest BCUT2D eigenvalue weighted by molar-refractivity contribution is 5.80. The van der Waals surface area contributed by atoms with Gasteiger partial charge in [-0.3, -0.25) is 0 Å². The minimum atomic E-state index is 0.646. The highest BCUT2D eigenvalue weighted by Gasteiger charge is 2.05. The number of benzene rings is 1. The zero-order valence-corrected chi connectivity index (χ0v) is 12.1. The van der Waals surface area contributed by atoms with Gasteiger partial charge in [0.25, 0.3) is 0 Å². The Kier molecular flexibility index (Phi) is 3.88. The normalized spacial score (nSPS) is 11.0. The van der Waals surface area contributed by atoms with Crippen LogP contribution < -0.4 is 10.5 Å². The van der Waals surface area contributed by atoms with Gasteiger partial charge in [-0.25, -0.2) is 4.98 Å². The van der Waals surface area contributed by atoms with Gasteiger partial charge in [0.05, 0.1) is 19.3 Å². The van der Waals surface area contributed by atoms with Crippen LogP contribution in [0.25, 0.3) is 10.9 Å². The van der Waals surface area contributed by atoms with Gasteiger partial charge in [0, 0.05) is 17.8 Å². The zero-order valence-electron chi connectivity index (χ0n) is 12.1. The molecular formula is C17H19N3O. The van der Waals surface area contributed by atoms with Gasteiger partial charge in [-0.05, 0) is 42.1 Å². The molecule has 0 spiro atoms. The van der Waals surface area contributed by atoms with Crippen LogP contribution in [0.15, 0.2) is 48.7 Å². The fourth-order valence-corrected chi connectivity index (χ4v) is 2.52. The number of nitrogens with two attached hydrogens (primary N) is 1. The van der Waals surface area contributed by atoms with E-state index in [2.05, 4.69) is 40.0 Å². The van der Waals surface area contributed by atoms with Crippen molar-refractivity contribution in [2.24, 2.45) is 5.73 Å². The van der Waals surface area contributed by atoms with Crippen molar-refractivity contribution in [3.05, 3.63) is 59.9 Å². The summed E-state index contributed by atoms with van der Waals surface area (Å²) in [4.78, 5) is 4.47. The molecule has 0 fully saturated rings. The second-order valence-electron chi connectivity index (χ2n) is 5.05. The second kappa shape index (κ2) is 5.97. The van der Waals surface area contributed by atoms with Crippen LogP contribution in [0.3, 0.4) is 0 Å². The lowest BCUT2D eigenvalue weighted by Gasteiger charge is -2.08. The third kappa shape index (κ3) is 2.90. The Morgan fingerprint density at radius 1 is 1.19 bits per heavy atom. The number of hydrogen-bond donors (Lipinski definition) is 1. The molecule has 0 saturated carbocycles. The summed E-state index contributed by atoms with van der Waals surface area (Å²) in [6.45, 7) is 1.40. The minimum Gasteiger partial charge on any atom is -0.481 e.